The van der Waals surface area contributed by atoms with Gasteiger partial charge in [0.15, 0.2) is 5.76 Å². The van der Waals surface area contributed by atoms with Crippen molar-refractivity contribution in [2.75, 3.05) is 7.11 Å². The van der Waals surface area contributed by atoms with Gasteiger partial charge in [0.1, 0.15) is 11.8 Å². The highest BCUT2D eigenvalue weighted by Gasteiger charge is 2.24. The quantitative estimate of drug-likeness (QED) is 0.794. The summed E-state index contributed by atoms with van der Waals surface area (Å²) in [6, 6.07) is 6.09. The van der Waals surface area contributed by atoms with Crippen LogP contribution in [-0.4, -0.2) is 33.4 Å². The molecule has 1 unspecified atom stereocenters. The standard InChI is InChI=1S/C16H18N2O6S/c1-10-9-12(6-7-13(10)23-3)25(21,22)18-15(19)11(2)17-16(20)14-5-4-8-24-14/h4-9,11H,1-3H3,(H,17,20)(H,18,19). The van der Waals surface area contributed by atoms with Crippen molar-refractivity contribution < 1.29 is 27.2 Å². The first-order valence-corrected chi connectivity index (χ1v) is 8.78. The lowest BCUT2D eigenvalue weighted by Crippen LogP contribution is -2.46. The first kappa shape index (κ1) is 18.5. The number of benzene rings is 1. The predicted molar refractivity (Wildman–Crippen MR) is 88.7 cm³/mol. The summed E-state index contributed by atoms with van der Waals surface area (Å²) >= 11 is 0. The first-order chi connectivity index (χ1) is 11.7. The zero-order valence-corrected chi connectivity index (χ0v) is 14.7. The van der Waals surface area contributed by atoms with Crippen LogP contribution in [-0.2, 0) is 14.8 Å². The summed E-state index contributed by atoms with van der Waals surface area (Å²) in [4.78, 5) is 23.8. The predicted octanol–water partition coefficient (Wildman–Crippen LogP) is 1.22. The maximum atomic E-state index is 12.3. The minimum atomic E-state index is -4.07. The normalized spacial score (nSPS) is 12.3. The SMILES string of the molecule is COc1ccc(S(=O)(=O)NC(=O)C(C)NC(=O)c2ccco2)cc1C. The molecule has 2 amide bonds. The van der Waals surface area contributed by atoms with Crippen molar-refractivity contribution >= 4 is 21.8 Å². The molecule has 0 fully saturated rings. The molecule has 1 aromatic carbocycles. The van der Waals surface area contributed by atoms with Crippen molar-refractivity contribution in [3.05, 3.63) is 47.9 Å². The summed E-state index contributed by atoms with van der Waals surface area (Å²) in [5.74, 6) is -0.934. The molecular formula is C16H18N2O6S. The van der Waals surface area contributed by atoms with Crippen molar-refractivity contribution in [3.8, 4) is 5.75 Å². The third-order valence-corrected chi connectivity index (χ3v) is 4.74. The van der Waals surface area contributed by atoms with Crippen LogP contribution in [0.3, 0.4) is 0 Å². The highest BCUT2D eigenvalue weighted by molar-refractivity contribution is 7.90. The van der Waals surface area contributed by atoms with Crippen molar-refractivity contribution in [1.29, 1.82) is 0 Å². The largest absolute Gasteiger partial charge is 0.496 e. The van der Waals surface area contributed by atoms with Crippen LogP contribution in [0.1, 0.15) is 23.0 Å². The molecular weight excluding hydrogens is 348 g/mol. The maximum absolute atomic E-state index is 12.3. The average molecular weight is 366 g/mol. The molecule has 0 radical (unpaired) electrons. The molecule has 9 heteroatoms. The zero-order chi connectivity index (χ0) is 18.6. The molecule has 0 bridgehead atoms. The molecule has 0 aliphatic carbocycles. The number of rotatable bonds is 6. The van der Waals surface area contributed by atoms with Gasteiger partial charge in [-0.3, -0.25) is 9.59 Å². The summed E-state index contributed by atoms with van der Waals surface area (Å²) in [6.07, 6.45) is 1.32. The third kappa shape index (κ3) is 4.38. The smallest absolute Gasteiger partial charge is 0.287 e. The number of amides is 2. The van der Waals surface area contributed by atoms with Crippen molar-refractivity contribution in [2.24, 2.45) is 0 Å². The molecule has 8 nitrogen and oxygen atoms in total. The van der Waals surface area contributed by atoms with E-state index in [0.29, 0.717) is 11.3 Å². The Balaban J connectivity index is 2.07. The Bertz CT molecular complexity index is 874. The molecule has 2 rings (SSSR count). The van der Waals surface area contributed by atoms with Gasteiger partial charge < -0.3 is 14.5 Å². The highest BCUT2D eigenvalue weighted by atomic mass is 32.2. The Morgan fingerprint density at radius 3 is 2.52 bits per heavy atom. The summed E-state index contributed by atoms with van der Waals surface area (Å²) < 4.78 is 36.5. The van der Waals surface area contributed by atoms with Gasteiger partial charge in [-0.1, -0.05) is 0 Å². The Labute approximate surface area is 145 Å². The van der Waals surface area contributed by atoms with E-state index in [4.69, 9.17) is 9.15 Å². The minimum absolute atomic E-state index is 0.0216. The Kier molecular flexibility index (Phi) is 5.48. The topological polar surface area (TPSA) is 115 Å². The number of methoxy groups -OCH3 is 1. The van der Waals surface area contributed by atoms with Gasteiger partial charge in [0.25, 0.3) is 21.8 Å². The minimum Gasteiger partial charge on any atom is -0.496 e. The molecule has 0 aliphatic rings. The summed E-state index contributed by atoms with van der Waals surface area (Å²) in [5.41, 5.74) is 0.608. The summed E-state index contributed by atoms with van der Waals surface area (Å²) in [7, 11) is -2.60. The van der Waals surface area contributed by atoms with E-state index in [0.717, 1.165) is 0 Å². The van der Waals surface area contributed by atoms with Gasteiger partial charge in [0.2, 0.25) is 0 Å². The lowest BCUT2D eigenvalue weighted by Gasteiger charge is -2.14. The van der Waals surface area contributed by atoms with Gasteiger partial charge in [-0.2, -0.15) is 0 Å². The lowest BCUT2D eigenvalue weighted by atomic mass is 10.2. The molecule has 0 saturated carbocycles. The van der Waals surface area contributed by atoms with Crippen LogP contribution < -0.4 is 14.8 Å². The fourth-order valence-corrected chi connectivity index (χ4v) is 3.18. The number of carbonyl (C=O) groups excluding carboxylic acids is 2. The molecule has 1 aromatic heterocycles. The number of furan rings is 1. The molecule has 2 aromatic rings. The second-order valence-electron chi connectivity index (χ2n) is 5.27. The van der Waals surface area contributed by atoms with Crippen LogP contribution in [0.4, 0.5) is 0 Å². The Hall–Kier alpha value is -2.81. The van der Waals surface area contributed by atoms with Gasteiger partial charge in [-0.25, -0.2) is 13.1 Å². The van der Waals surface area contributed by atoms with E-state index in [1.165, 1.54) is 50.6 Å². The molecule has 0 saturated heterocycles. The molecule has 25 heavy (non-hydrogen) atoms. The number of ether oxygens (including phenoxy) is 1. The van der Waals surface area contributed by atoms with E-state index >= 15 is 0 Å². The zero-order valence-electron chi connectivity index (χ0n) is 13.9. The van der Waals surface area contributed by atoms with Gasteiger partial charge in [-0.05, 0) is 49.7 Å². The lowest BCUT2D eigenvalue weighted by molar-refractivity contribution is -0.120. The number of aryl methyl sites for hydroxylation is 1. The highest BCUT2D eigenvalue weighted by Crippen LogP contribution is 2.21. The molecule has 1 heterocycles. The maximum Gasteiger partial charge on any atom is 0.287 e. The fourth-order valence-electron chi connectivity index (χ4n) is 2.04. The average Bonchev–Trinajstić information content (AvgIpc) is 3.08. The second kappa shape index (κ2) is 7.39. The van der Waals surface area contributed by atoms with Crippen LogP contribution in [0.15, 0.2) is 45.9 Å². The van der Waals surface area contributed by atoms with Crippen LogP contribution >= 0.6 is 0 Å². The van der Waals surface area contributed by atoms with Crippen LogP contribution in [0.2, 0.25) is 0 Å². The Morgan fingerprint density at radius 2 is 1.96 bits per heavy atom. The molecule has 1 atom stereocenters. The molecule has 134 valence electrons. The molecule has 2 N–H and O–H groups in total. The number of nitrogens with one attached hydrogen (secondary N) is 2. The Morgan fingerprint density at radius 1 is 1.24 bits per heavy atom. The van der Waals surface area contributed by atoms with Gasteiger partial charge >= 0.3 is 0 Å². The van der Waals surface area contributed by atoms with Gasteiger partial charge in [0.05, 0.1) is 18.3 Å². The number of carbonyl (C=O) groups is 2. The first-order valence-electron chi connectivity index (χ1n) is 7.30. The van der Waals surface area contributed by atoms with Crippen LogP contribution in [0.5, 0.6) is 5.75 Å². The molecule has 0 spiro atoms. The van der Waals surface area contributed by atoms with Crippen molar-refractivity contribution in [2.45, 2.75) is 24.8 Å². The monoisotopic (exact) mass is 366 g/mol. The number of hydrogen-bond donors (Lipinski definition) is 2. The van der Waals surface area contributed by atoms with E-state index in [2.05, 4.69) is 5.32 Å². The number of sulfonamides is 1. The fraction of sp³-hybridized carbons (Fsp3) is 0.250. The molecule has 0 aliphatic heterocycles. The summed E-state index contributed by atoms with van der Waals surface area (Å²) in [5, 5.41) is 2.36. The van der Waals surface area contributed by atoms with Gasteiger partial charge in [-0.15, -0.1) is 0 Å². The van der Waals surface area contributed by atoms with Crippen LogP contribution in [0.25, 0.3) is 0 Å². The van der Waals surface area contributed by atoms with E-state index in [1.807, 2.05) is 4.72 Å². The number of hydrogen-bond acceptors (Lipinski definition) is 6. The third-order valence-electron chi connectivity index (χ3n) is 3.40. The second-order valence-corrected chi connectivity index (χ2v) is 6.96. The van der Waals surface area contributed by atoms with E-state index in [-0.39, 0.29) is 10.7 Å². The van der Waals surface area contributed by atoms with Crippen molar-refractivity contribution in [3.63, 3.8) is 0 Å². The van der Waals surface area contributed by atoms with Crippen molar-refractivity contribution in [1.82, 2.24) is 10.0 Å². The van der Waals surface area contributed by atoms with Gasteiger partial charge in [0, 0.05) is 0 Å². The summed E-state index contributed by atoms with van der Waals surface area (Å²) in [6.45, 7) is 3.05. The van der Waals surface area contributed by atoms with E-state index < -0.39 is 27.9 Å². The van der Waals surface area contributed by atoms with E-state index in [1.54, 1.807) is 6.92 Å². The van der Waals surface area contributed by atoms with E-state index in [9.17, 15) is 18.0 Å². The van der Waals surface area contributed by atoms with Crippen LogP contribution in [0, 0.1) is 6.92 Å².